The Morgan fingerprint density at radius 2 is 2.42 bits per heavy atom. The Bertz CT molecular complexity index is 191. The van der Waals surface area contributed by atoms with Gasteiger partial charge in [0, 0.05) is 13.0 Å². The molecular formula is C10H15NO. The Hall–Kier alpha value is -1.23. The summed E-state index contributed by atoms with van der Waals surface area (Å²) in [4.78, 5) is 13.0. The highest BCUT2D eigenvalue weighted by molar-refractivity contribution is 5.77. The predicted molar refractivity (Wildman–Crippen MR) is 50.5 cm³/mol. The summed E-state index contributed by atoms with van der Waals surface area (Å²) in [5, 5.41) is 0. The van der Waals surface area contributed by atoms with E-state index in [0.717, 1.165) is 13.0 Å². The predicted octanol–water partition coefficient (Wildman–Crippen LogP) is 1.43. The molecule has 0 unspecified atom stereocenters. The van der Waals surface area contributed by atoms with E-state index in [1.807, 2.05) is 6.92 Å². The van der Waals surface area contributed by atoms with Gasteiger partial charge in [-0.1, -0.05) is 18.9 Å². The summed E-state index contributed by atoms with van der Waals surface area (Å²) < 4.78 is 0. The van der Waals surface area contributed by atoms with Gasteiger partial charge < -0.3 is 4.90 Å². The molecule has 12 heavy (non-hydrogen) atoms. The Morgan fingerprint density at radius 3 is 2.83 bits per heavy atom. The van der Waals surface area contributed by atoms with Crippen LogP contribution in [0.3, 0.4) is 0 Å². The number of hydrogen-bond acceptors (Lipinski definition) is 1. The number of terminal acetylenes is 1. The lowest BCUT2D eigenvalue weighted by Crippen LogP contribution is -2.31. The molecule has 0 aliphatic heterocycles. The molecule has 0 saturated carbocycles. The van der Waals surface area contributed by atoms with Crippen LogP contribution in [0.25, 0.3) is 0 Å². The van der Waals surface area contributed by atoms with Crippen LogP contribution in [0.1, 0.15) is 19.8 Å². The highest BCUT2D eigenvalue weighted by atomic mass is 16.2. The highest BCUT2D eigenvalue weighted by Crippen LogP contribution is 1.95. The second kappa shape index (κ2) is 6.48. The van der Waals surface area contributed by atoms with Gasteiger partial charge in [0.2, 0.25) is 5.91 Å². The monoisotopic (exact) mass is 165 g/mol. The SMILES string of the molecule is C#CCN(CCC)C(=O)CC=C. The van der Waals surface area contributed by atoms with E-state index >= 15 is 0 Å². The molecule has 0 rings (SSSR count). The summed E-state index contributed by atoms with van der Waals surface area (Å²) in [6.07, 6.45) is 8.03. The molecule has 0 atom stereocenters. The van der Waals surface area contributed by atoms with Gasteiger partial charge in [-0.3, -0.25) is 4.79 Å². The molecule has 66 valence electrons. The van der Waals surface area contributed by atoms with Crippen LogP contribution in [-0.2, 0) is 4.79 Å². The minimum absolute atomic E-state index is 0.0600. The van der Waals surface area contributed by atoms with E-state index in [1.165, 1.54) is 0 Å². The van der Waals surface area contributed by atoms with E-state index in [9.17, 15) is 4.79 Å². The largest absolute Gasteiger partial charge is 0.331 e. The van der Waals surface area contributed by atoms with Crippen molar-refractivity contribution in [2.75, 3.05) is 13.1 Å². The fourth-order valence-corrected chi connectivity index (χ4v) is 0.925. The van der Waals surface area contributed by atoms with Crippen LogP contribution in [0.4, 0.5) is 0 Å². The van der Waals surface area contributed by atoms with Crippen molar-refractivity contribution in [3.05, 3.63) is 12.7 Å². The Balaban J connectivity index is 4.00. The van der Waals surface area contributed by atoms with Crippen molar-refractivity contribution in [1.29, 1.82) is 0 Å². The topological polar surface area (TPSA) is 20.3 Å². The molecule has 2 heteroatoms. The molecule has 0 saturated heterocycles. The molecule has 0 aliphatic carbocycles. The summed E-state index contributed by atoms with van der Waals surface area (Å²) in [5.41, 5.74) is 0. The first-order valence-corrected chi connectivity index (χ1v) is 4.08. The van der Waals surface area contributed by atoms with Gasteiger partial charge >= 0.3 is 0 Å². The van der Waals surface area contributed by atoms with Crippen molar-refractivity contribution in [3.63, 3.8) is 0 Å². The van der Waals surface area contributed by atoms with Gasteiger partial charge in [-0.05, 0) is 6.42 Å². The zero-order valence-corrected chi connectivity index (χ0v) is 7.55. The lowest BCUT2D eigenvalue weighted by atomic mass is 10.3. The van der Waals surface area contributed by atoms with Crippen molar-refractivity contribution in [3.8, 4) is 12.3 Å². The third-order valence-corrected chi connectivity index (χ3v) is 1.45. The van der Waals surface area contributed by atoms with Crippen molar-refractivity contribution in [1.82, 2.24) is 4.90 Å². The Morgan fingerprint density at radius 1 is 1.75 bits per heavy atom. The number of nitrogens with zero attached hydrogens (tertiary/aromatic N) is 1. The maximum absolute atomic E-state index is 11.3. The number of carbonyl (C=O) groups is 1. The van der Waals surface area contributed by atoms with Gasteiger partial charge in [0.1, 0.15) is 0 Å². The van der Waals surface area contributed by atoms with Crippen molar-refractivity contribution in [2.45, 2.75) is 19.8 Å². The normalized spacial score (nSPS) is 8.67. The van der Waals surface area contributed by atoms with Gasteiger partial charge in [-0.15, -0.1) is 13.0 Å². The lowest BCUT2D eigenvalue weighted by molar-refractivity contribution is -0.129. The van der Waals surface area contributed by atoms with Gasteiger partial charge in [-0.2, -0.15) is 0 Å². The number of hydrogen-bond donors (Lipinski definition) is 0. The molecule has 0 N–H and O–H groups in total. The second-order valence-corrected chi connectivity index (χ2v) is 2.51. The Kier molecular flexibility index (Phi) is 5.81. The van der Waals surface area contributed by atoms with Gasteiger partial charge in [0.15, 0.2) is 0 Å². The molecule has 0 fully saturated rings. The molecule has 0 aromatic heterocycles. The molecule has 1 amide bonds. The smallest absolute Gasteiger partial charge is 0.227 e. The maximum atomic E-state index is 11.3. The minimum Gasteiger partial charge on any atom is -0.331 e. The van der Waals surface area contributed by atoms with E-state index in [0.29, 0.717) is 13.0 Å². The third kappa shape index (κ3) is 3.82. The molecule has 0 aromatic rings. The van der Waals surface area contributed by atoms with Crippen LogP contribution in [0.2, 0.25) is 0 Å². The molecule has 0 heterocycles. The third-order valence-electron chi connectivity index (χ3n) is 1.45. The van der Waals surface area contributed by atoms with Crippen LogP contribution < -0.4 is 0 Å². The second-order valence-electron chi connectivity index (χ2n) is 2.51. The summed E-state index contributed by atoms with van der Waals surface area (Å²) in [6.45, 7) is 6.66. The summed E-state index contributed by atoms with van der Waals surface area (Å²) >= 11 is 0. The highest BCUT2D eigenvalue weighted by Gasteiger charge is 2.08. The number of amides is 1. The summed E-state index contributed by atoms with van der Waals surface area (Å²) in [5.74, 6) is 2.52. The molecule has 0 radical (unpaired) electrons. The van der Waals surface area contributed by atoms with Crippen LogP contribution in [-0.4, -0.2) is 23.9 Å². The first-order chi connectivity index (χ1) is 5.76. The first kappa shape index (κ1) is 10.8. The molecule has 0 bridgehead atoms. The zero-order chi connectivity index (χ0) is 9.40. The molecule has 0 aliphatic rings. The van der Waals surface area contributed by atoms with E-state index in [-0.39, 0.29) is 5.91 Å². The maximum Gasteiger partial charge on any atom is 0.227 e. The fraction of sp³-hybridized carbons (Fsp3) is 0.500. The standard InChI is InChI=1S/C10H15NO/c1-4-7-10(12)11(8-5-2)9-6-3/h2,4H,1,6-9H2,3H3. The van der Waals surface area contributed by atoms with Gasteiger partial charge in [-0.25, -0.2) is 0 Å². The van der Waals surface area contributed by atoms with Crippen LogP contribution >= 0.6 is 0 Å². The average molecular weight is 165 g/mol. The van der Waals surface area contributed by atoms with E-state index in [4.69, 9.17) is 6.42 Å². The Labute approximate surface area is 74.3 Å². The van der Waals surface area contributed by atoms with Crippen molar-refractivity contribution in [2.24, 2.45) is 0 Å². The molecular weight excluding hydrogens is 150 g/mol. The van der Waals surface area contributed by atoms with Gasteiger partial charge in [0.25, 0.3) is 0 Å². The summed E-state index contributed by atoms with van der Waals surface area (Å²) in [6, 6.07) is 0. The van der Waals surface area contributed by atoms with Crippen LogP contribution in [0, 0.1) is 12.3 Å². The molecule has 2 nitrogen and oxygen atoms in total. The average Bonchev–Trinajstić information content (AvgIpc) is 2.04. The fourth-order valence-electron chi connectivity index (χ4n) is 0.925. The molecule has 0 aromatic carbocycles. The summed E-state index contributed by atoms with van der Waals surface area (Å²) in [7, 11) is 0. The van der Waals surface area contributed by atoms with E-state index in [2.05, 4.69) is 12.5 Å². The lowest BCUT2D eigenvalue weighted by Gasteiger charge is -2.18. The minimum atomic E-state index is 0.0600. The number of rotatable bonds is 5. The first-order valence-electron chi connectivity index (χ1n) is 4.08. The van der Waals surface area contributed by atoms with Gasteiger partial charge in [0.05, 0.1) is 6.54 Å². The van der Waals surface area contributed by atoms with Crippen molar-refractivity contribution < 1.29 is 4.79 Å². The van der Waals surface area contributed by atoms with E-state index in [1.54, 1.807) is 11.0 Å². The van der Waals surface area contributed by atoms with Crippen LogP contribution in [0.15, 0.2) is 12.7 Å². The van der Waals surface area contributed by atoms with Crippen molar-refractivity contribution >= 4 is 5.91 Å². The molecule has 0 spiro atoms. The van der Waals surface area contributed by atoms with Crippen LogP contribution in [0.5, 0.6) is 0 Å². The van der Waals surface area contributed by atoms with E-state index < -0.39 is 0 Å². The quantitative estimate of drug-likeness (QED) is 0.446. The number of carbonyl (C=O) groups excluding carboxylic acids is 1. The zero-order valence-electron chi connectivity index (χ0n) is 7.55.